The highest BCUT2D eigenvalue weighted by atomic mass is 16.5. The summed E-state index contributed by atoms with van der Waals surface area (Å²) in [5.41, 5.74) is 7.83. The SMILES string of the molecule is C.COc1ccc(C(CC(N)=O)N2Cc3ccccc3C2=O)cc1OC. The molecular formula is C20H24N2O4. The van der Waals surface area contributed by atoms with E-state index in [0.717, 1.165) is 11.1 Å². The Morgan fingerprint density at radius 1 is 1.15 bits per heavy atom. The molecule has 0 radical (unpaired) electrons. The molecule has 0 saturated heterocycles. The second kappa shape index (κ2) is 7.91. The molecule has 1 aliphatic rings. The summed E-state index contributed by atoms with van der Waals surface area (Å²) in [5, 5.41) is 0. The molecule has 0 aromatic heterocycles. The third kappa shape index (κ3) is 3.49. The highest BCUT2D eigenvalue weighted by Crippen LogP contribution is 2.37. The first-order valence-corrected chi connectivity index (χ1v) is 7.94. The normalized spacial score (nSPS) is 13.6. The van der Waals surface area contributed by atoms with E-state index in [4.69, 9.17) is 15.2 Å². The van der Waals surface area contributed by atoms with Crippen molar-refractivity contribution < 1.29 is 19.1 Å². The predicted octanol–water partition coefficient (Wildman–Crippen LogP) is 2.91. The Kier molecular flexibility index (Phi) is 5.87. The molecule has 0 spiro atoms. The number of nitrogens with two attached hydrogens (primary N) is 1. The van der Waals surface area contributed by atoms with Crippen LogP contribution in [0.1, 0.15) is 41.4 Å². The first-order valence-electron chi connectivity index (χ1n) is 7.94. The summed E-state index contributed by atoms with van der Waals surface area (Å²) >= 11 is 0. The number of carbonyl (C=O) groups is 2. The average Bonchev–Trinajstić information content (AvgIpc) is 2.96. The molecule has 3 rings (SSSR count). The minimum atomic E-state index is -0.469. The van der Waals surface area contributed by atoms with E-state index in [1.807, 2.05) is 24.3 Å². The first kappa shape index (κ1) is 19.3. The Balaban J connectivity index is 0.00000243. The molecule has 6 nitrogen and oxygen atoms in total. The molecule has 138 valence electrons. The van der Waals surface area contributed by atoms with E-state index >= 15 is 0 Å². The molecular weight excluding hydrogens is 332 g/mol. The van der Waals surface area contributed by atoms with Gasteiger partial charge in [-0.05, 0) is 29.3 Å². The molecule has 1 heterocycles. The summed E-state index contributed by atoms with van der Waals surface area (Å²) in [4.78, 5) is 26.1. The van der Waals surface area contributed by atoms with Crippen LogP contribution in [0.5, 0.6) is 11.5 Å². The molecule has 2 aromatic rings. The summed E-state index contributed by atoms with van der Waals surface area (Å²) in [6.07, 6.45) is 0.0369. The van der Waals surface area contributed by atoms with Gasteiger partial charge in [0, 0.05) is 12.1 Å². The number of fused-ring (bicyclic) bond motifs is 1. The van der Waals surface area contributed by atoms with Gasteiger partial charge in [-0.1, -0.05) is 31.7 Å². The zero-order valence-corrected chi connectivity index (χ0v) is 14.2. The van der Waals surface area contributed by atoms with Crippen molar-refractivity contribution in [3.8, 4) is 11.5 Å². The lowest BCUT2D eigenvalue weighted by molar-refractivity contribution is -0.119. The van der Waals surface area contributed by atoms with Crippen LogP contribution >= 0.6 is 0 Å². The van der Waals surface area contributed by atoms with Crippen molar-refractivity contribution in [1.29, 1.82) is 0 Å². The van der Waals surface area contributed by atoms with E-state index < -0.39 is 11.9 Å². The Hall–Kier alpha value is -3.02. The van der Waals surface area contributed by atoms with Gasteiger partial charge in [-0.25, -0.2) is 0 Å². The molecule has 2 aromatic carbocycles. The molecule has 1 atom stereocenters. The lowest BCUT2D eigenvalue weighted by Gasteiger charge is -2.28. The van der Waals surface area contributed by atoms with Crippen LogP contribution in [0.3, 0.4) is 0 Å². The van der Waals surface area contributed by atoms with E-state index in [9.17, 15) is 9.59 Å². The third-order valence-electron chi connectivity index (χ3n) is 4.41. The van der Waals surface area contributed by atoms with Gasteiger partial charge in [0.15, 0.2) is 11.5 Å². The number of ether oxygens (including phenoxy) is 2. The molecule has 0 bridgehead atoms. The van der Waals surface area contributed by atoms with Crippen molar-refractivity contribution in [3.63, 3.8) is 0 Å². The zero-order valence-electron chi connectivity index (χ0n) is 14.2. The van der Waals surface area contributed by atoms with Gasteiger partial charge >= 0.3 is 0 Å². The second-order valence-corrected chi connectivity index (χ2v) is 5.89. The van der Waals surface area contributed by atoms with Crippen LogP contribution in [0.25, 0.3) is 0 Å². The number of amides is 2. The van der Waals surface area contributed by atoms with Crippen molar-refractivity contribution in [1.82, 2.24) is 4.90 Å². The van der Waals surface area contributed by atoms with Gasteiger partial charge in [0.2, 0.25) is 5.91 Å². The van der Waals surface area contributed by atoms with Crippen molar-refractivity contribution in [2.75, 3.05) is 14.2 Å². The molecule has 0 aliphatic carbocycles. The topological polar surface area (TPSA) is 81.9 Å². The lowest BCUT2D eigenvalue weighted by Crippen LogP contribution is -2.32. The van der Waals surface area contributed by atoms with Crippen LogP contribution in [0.2, 0.25) is 0 Å². The Morgan fingerprint density at radius 3 is 2.46 bits per heavy atom. The average molecular weight is 356 g/mol. The number of benzene rings is 2. The maximum atomic E-state index is 12.8. The molecule has 2 amide bonds. The maximum Gasteiger partial charge on any atom is 0.255 e. The van der Waals surface area contributed by atoms with Crippen LogP contribution in [0, 0.1) is 0 Å². The summed E-state index contributed by atoms with van der Waals surface area (Å²) in [7, 11) is 3.10. The summed E-state index contributed by atoms with van der Waals surface area (Å²) in [6.45, 7) is 0.446. The van der Waals surface area contributed by atoms with Gasteiger partial charge in [0.05, 0.1) is 26.7 Å². The van der Waals surface area contributed by atoms with E-state index in [1.54, 1.807) is 37.3 Å². The summed E-state index contributed by atoms with van der Waals surface area (Å²) in [5.74, 6) is 0.555. The highest BCUT2D eigenvalue weighted by Gasteiger charge is 2.34. The van der Waals surface area contributed by atoms with E-state index in [2.05, 4.69) is 0 Å². The van der Waals surface area contributed by atoms with Gasteiger partial charge in [-0.2, -0.15) is 0 Å². The molecule has 2 N–H and O–H groups in total. The van der Waals surface area contributed by atoms with Gasteiger partial charge in [-0.3, -0.25) is 9.59 Å². The highest BCUT2D eigenvalue weighted by molar-refractivity contribution is 5.98. The predicted molar refractivity (Wildman–Crippen MR) is 99.1 cm³/mol. The number of nitrogens with zero attached hydrogens (tertiary/aromatic N) is 1. The van der Waals surface area contributed by atoms with E-state index in [1.165, 1.54) is 0 Å². The van der Waals surface area contributed by atoms with Gasteiger partial charge < -0.3 is 20.1 Å². The number of primary amides is 1. The fourth-order valence-electron chi connectivity index (χ4n) is 3.19. The summed E-state index contributed by atoms with van der Waals surface area (Å²) < 4.78 is 10.6. The summed E-state index contributed by atoms with van der Waals surface area (Å²) in [6, 6.07) is 12.4. The number of carbonyl (C=O) groups excluding carboxylic acids is 2. The fourth-order valence-corrected chi connectivity index (χ4v) is 3.19. The van der Waals surface area contributed by atoms with Crippen molar-refractivity contribution in [2.45, 2.75) is 26.4 Å². The largest absolute Gasteiger partial charge is 0.493 e. The van der Waals surface area contributed by atoms with E-state index in [-0.39, 0.29) is 19.8 Å². The van der Waals surface area contributed by atoms with Crippen LogP contribution in [-0.2, 0) is 11.3 Å². The molecule has 0 fully saturated rings. The molecule has 26 heavy (non-hydrogen) atoms. The number of methoxy groups -OCH3 is 2. The van der Waals surface area contributed by atoms with Gasteiger partial charge in [-0.15, -0.1) is 0 Å². The van der Waals surface area contributed by atoms with Gasteiger partial charge in [0.25, 0.3) is 5.91 Å². The Labute approximate surface area is 153 Å². The molecule has 6 heteroatoms. The zero-order chi connectivity index (χ0) is 18.0. The molecule has 0 saturated carbocycles. The smallest absolute Gasteiger partial charge is 0.255 e. The molecule has 1 aliphatic heterocycles. The van der Waals surface area contributed by atoms with Crippen molar-refractivity contribution >= 4 is 11.8 Å². The van der Waals surface area contributed by atoms with Gasteiger partial charge in [0.1, 0.15) is 0 Å². The first-order chi connectivity index (χ1) is 12.0. The third-order valence-corrected chi connectivity index (χ3v) is 4.41. The molecule has 1 unspecified atom stereocenters. The minimum Gasteiger partial charge on any atom is -0.493 e. The number of rotatable bonds is 6. The standard InChI is InChI=1S/C19H20N2O4.CH4/c1-24-16-8-7-12(9-17(16)25-2)15(10-18(20)22)21-11-13-5-3-4-6-14(13)19(21)23;/h3-9,15H,10-11H2,1-2H3,(H2,20,22);1H4. The second-order valence-electron chi connectivity index (χ2n) is 5.89. The number of hydrogen-bond acceptors (Lipinski definition) is 4. The van der Waals surface area contributed by atoms with Crippen LogP contribution in [0.4, 0.5) is 0 Å². The monoisotopic (exact) mass is 356 g/mol. The maximum absolute atomic E-state index is 12.8. The lowest BCUT2D eigenvalue weighted by atomic mass is 10.0. The van der Waals surface area contributed by atoms with Crippen molar-refractivity contribution in [2.24, 2.45) is 5.73 Å². The number of hydrogen-bond donors (Lipinski definition) is 1. The van der Waals surface area contributed by atoms with Crippen LogP contribution in [0.15, 0.2) is 42.5 Å². The van der Waals surface area contributed by atoms with Crippen molar-refractivity contribution in [3.05, 3.63) is 59.2 Å². The fraction of sp³-hybridized carbons (Fsp3) is 0.300. The quantitative estimate of drug-likeness (QED) is 0.863. The Morgan fingerprint density at radius 2 is 1.85 bits per heavy atom. The van der Waals surface area contributed by atoms with Crippen LogP contribution in [-0.4, -0.2) is 30.9 Å². The van der Waals surface area contributed by atoms with Crippen LogP contribution < -0.4 is 15.2 Å². The van der Waals surface area contributed by atoms with E-state index in [0.29, 0.717) is 23.6 Å². The minimum absolute atomic E-state index is 0. The Bertz CT molecular complexity index is 819.